The fourth-order valence-electron chi connectivity index (χ4n) is 3.73. The van der Waals surface area contributed by atoms with Gasteiger partial charge in [-0.25, -0.2) is 0 Å². The van der Waals surface area contributed by atoms with E-state index in [4.69, 9.17) is 0 Å². The summed E-state index contributed by atoms with van der Waals surface area (Å²) in [5, 5.41) is 15.4. The Morgan fingerprint density at radius 1 is 1.20 bits per heavy atom. The minimum Gasteiger partial charge on any atom is -0.305 e. The van der Waals surface area contributed by atoms with Crippen molar-refractivity contribution in [2.45, 2.75) is 38.5 Å². The lowest BCUT2D eigenvalue weighted by atomic mass is 9.93. The second-order valence-electron chi connectivity index (χ2n) is 8.07. The summed E-state index contributed by atoms with van der Waals surface area (Å²) in [5.74, 6) is -0.334. The van der Waals surface area contributed by atoms with Crippen LogP contribution >= 0.6 is 0 Å². The average molecular weight is 418 g/mol. The van der Waals surface area contributed by atoms with Crippen LogP contribution in [0.1, 0.15) is 48.4 Å². The molecule has 0 bridgehead atoms. The first-order valence-electron chi connectivity index (χ1n) is 9.45. The molecule has 3 heterocycles. The van der Waals surface area contributed by atoms with E-state index >= 15 is 0 Å². The monoisotopic (exact) mass is 418 g/mol. The van der Waals surface area contributed by atoms with Crippen LogP contribution in [-0.4, -0.2) is 38.0 Å². The van der Waals surface area contributed by atoms with Gasteiger partial charge in [-0.2, -0.15) is 18.3 Å². The van der Waals surface area contributed by atoms with Gasteiger partial charge in [0, 0.05) is 24.0 Å². The highest BCUT2D eigenvalue weighted by molar-refractivity contribution is 6.09. The summed E-state index contributed by atoms with van der Waals surface area (Å²) in [6, 6.07) is 4.41. The molecule has 6 nitrogen and oxygen atoms in total. The van der Waals surface area contributed by atoms with E-state index in [2.05, 4.69) is 5.10 Å². The van der Waals surface area contributed by atoms with Crippen LogP contribution in [-0.2, 0) is 6.18 Å². The highest BCUT2D eigenvalue weighted by Gasteiger charge is 2.36. The van der Waals surface area contributed by atoms with E-state index < -0.39 is 17.3 Å². The molecule has 0 saturated carbocycles. The van der Waals surface area contributed by atoms with Gasteiger partial charge in [-0.15, -0.1) is 0 Å². The Kier molecular flexibility index (Phi) is 4.54. The number of amides is 1. The first kappa shape index (κ1) is 20.2. The lowest BCUT2D eigenvalue weighted by Crippen LogP contribution is -2.43. The largest absolute Gasteiger partial charge is 0.416 e. The second kappa shape index (κ2) is 6.73. The van der Waals surface area contributed by atoms with E-state index in [0.29, 0.717) is 23.5 Å². The molecule has 1 amide bonds. The third-order valence-electron chi connectivity index (χ3n) is 5.42. The maximum absolute atomic E-state index is 13.3. The topological polar surface area (TPSA) is 61.6 Å². The molecule has 1 aromatic heterocycles. The SMILES string of the molecule is C[C@H]1CN(c2ccc(C(F)(F)F)cc2)C(=O)c2c(C3=CC(C)(C)N(O)C=C3)cnn21. The van der Waals surface area contributed by atoms with Gasteiger partial charge in [0.15, 0.2) is 0 Å². The van der Waals surface area contributed by atoms with Crippen molar-refractivity contribution in [3.05, 3.63) is 65.6 Å². The van der Waals surface area contributed by atoms with Crippen LogP contribution in [0, 0.1) is 0 Å². The summed E-state index contributed by atoms with van der Waals surface area (Å²) in [7, 11) is 0. The van der Waals surface area contributed by atoms with Crippen molar-refractivity contribution in [1.29, 1.82) is 0 Å². The Bertz CT molecular complexity index is 1050. The zero-order valence-corrected chi connectivity index (χ0v) is 16.7. The first-order chi connectivity index (χ1) is 14.0. The van der Waals surface area contributed by atoms with Crippen molar-refractivity contribution >= 4 is 17.2 Å². The quantitative estimate of drug-likeness (QED) is 0.780. The van der Waals surface area contributed by atoms with Crippen molar-refractivity contribution in [3.63, 3.8) is 0 Å². The standard InChI is InChI=1S/C21H21F3N4O2/c1-13-12-26(16-6-4-15(5-7-16)21(22,23)24)19(29)18-17(11-25-28(13)18)14-8-9-27(30)20(2,3)10-14/h4-11,13,30H,12H2,1-3H3/t13-/m0/s1. The van der Waals surface area contributed by atoms with E-state index in [0.717, 1.165) is 22.8 Å². The molecule has 30 heavy (non-hydrogen) atoms. The number of allylic oxidation sites excluding steroid dienone is 2. The van der Waals surface area contributed by atoms with Gasteiger partial charge in [0.2, 0.25) is 0 Å². The Morgan fingerprint density at radius 2 is 1.87 bits per heavy atom. The van der Waals surface area contributed by atoms with Gasteiger partial charge in [0.1, 0.15) is 5.69 Å². The fraction of sp³-hybridized carbons (Fsp3) is 0.333. The molecule has 158 valence electrons. The van der Waals surface area contributed by atoms with Gasteiger partial charge in [-0.1, -0.05) is 0 Å². The van der Waals surface area contributed by atoms with Gasteiger partial charge >= 0.3 is 6.18 Å². The number of hydrogen-bond acceptors (Lipinski definition) is 4. The molecule has 4 rings (SSSR count). The normalized spacial score (nSPS) is 21.0. The van der Waals surface area contributed by atoms with E-state index in [1.165, 1.54) is 23.2 Å². The summed E-state index contributed by atoms with van der Waals surface area (Å²) in [6.45, 7) is 5.84. The number of hydroxylamine groups is 2. The number of halogens is 3. The summed E-state index contributed by atoms with van der Waals surface area (Å²) in [4.78, 5) is 14.8. The van der Waals surface area contributed by atoms with Crippen LogP contribution in [0.2, 0.25) is 0 Å². The van der Waals surface area contributed by atoms with Gasteiger partial charge < -0.3 is 4.90 Å². The first-order valence-corrected chi connectivity index (χ1v) is 9.45. The zero-order valence-electron chi connectivity index (χ0n) is 16.7. The van der Waals surface area contributed by atoms with Crippen LogP contribution in [0.15, 0.2) is 48.8 Å². The molecule has 0 unspecified atom stereocenters. The Morgan fingerprint density at radius 3 is 2.47 bits per heavy atom. The second-order valence-corrected chi connectivity index (χ2v) is 8.07. The molecular weight excluding hydrogens is 397 g/mol. The van der Waals surface area contributed by atoms with Gasteiger partial charge in [-0.3, -0.25) is 19.7 Å². The van der Waals surface area contributed by atoms with E-state index in [1.54, 1.807) is 17.0 Å². The number of fused-ring (bicyclic) bond motifs is 1. The molecular formula is C21H21F3N4O2. The van der Waals surface area contributed by atoms with Crippen molar-refractivity contribution in [2.75, 3.05) is 11.4 Å². The van der Waals surface area contributed by atoms with Crippen molar-refractivity contribution in [2.24, 2.45) is 0 Å². The van der Waals surface area contributed by atoms with Crippen LogP contribution in [0.4, 0.5) is 18.9 Å². The number of rotatable bonds is 2. The molecule has 9 heteroatoms. The summed E-state index contributed by atoms with van der Waals surface area (Å²) < 4.78 is 40.3. The number of nitrogens with zero attached hydrogens (tertiary/aromatic N) is 4. The number of carbonyl (C=O) groups excluding carboxylic acids is 1. The number of hydrogen-bond donors (Lipinski definition) is 1. The molecule has 0 saturated heterocycles. The highest BCUT2D eigenvalue weighted by atomic mass is 19.4. The van der Waals surface area contributed by atoms with Crippen LogP contribution in [0.3, 0.4) is 0 Å². The molecule has 1 aromatic carbocycles. The molecule has 2 aliphatic rings. The summed E-state index contributed by atoms with van der Waals surface area (Å²) in [6.07, 6.45) is 2.22. The maximum Gasteiger partial charge on any atom is 0.416 e. The molecule has 0 fully saturated rings. The smallest absolute Gasteiger partial charge is 0.305 e. The minimum absolute atomic E-state index is 0.163. The Hall–Kier alpha value is -3.07. The summed E-state index contributed by atoms with van der Waals surface area (Å²) in [5.41, 5.74) is 0.681. The number of anilines is 1. The molecule has 0 spiro atoms. The fourth-order valence-corrected chi connectivity index (χ4v) is 3.73. The minimum atomic E-state index is -4.43. The lowest BCUT2D eigenvalue weighted by molar-refractivity contribution is -0.137. The number of carbonyl (C=O) groups is 1. The molecule has 2 aliphatic heterocycles. The van der Waals surface area contributed by atoms with Crippen LogP contribution in [0.25, 0.3) is 5.57 Å². The van der Waals surface area contributed by atoms with Crippen LogP contribution in [0.5, 0.6) is 0 Å². The molecule has 0 radical (unpaired) electrons. The maximum atomic E-state index is 13.3. The van der Waals surface area contributed by atoms with E-state index in [-0.39, 0.29) is 11.9 Å². The predicted octanol–water partition coefficient (Wildman–Crippen LogP) is 4.50. The third-order valence-corrected chi connectivity index (χ3v) is 5.42. The predicted molar refractivity (Wildman–Crippen MR) is 105 cm³/mol. The molecule has 1 N–H and O–H groups in total. The number of benzene rings is 1. The van der Waals surface area contributed by atoms with Gasteiger partial charge in [0.25, 0.3) is 5.91 Å². The Labute approximate surface area is 171 Å². The Balaban J connectivity index is 1.73. The van der Waals surface area contributed by atoms with E-state index in [1.807, 2.05) is 26.8 Å². The van der Waals surface area contributed by atoms with Crippen molar-refractivity contribution in [3.8, 4) is 0 Å². The van der Waals surface area contributed by atoms with Crippen LogP contribution < -0.4 is 4.90 Å². The van der Waals surface area contributed by atoms with E-state index in [9.17, 15) is 23.2 Å². The van der Waals surface area contributed by atoms with Crippen molar-refractivity contribution in [1.82, 2.24) is 14.8 Å². The van der Waals surface area contributed by atoms with Crippen molar-refractivity contribution < 1.29 is 23.2 Å². The van der Waals surface area contributed by atoms with Gasteiger partial charge in [-0.05, 0) is 62.8 Å². The zero-order chi connectivity index (χ0) is 21.8. The number of aromatic nitrogens is 2. The van der Waals surface area contributed by atoms with Gasteiger partial charge in [0.05, 0.1) is 23.3 Å². The number of alkyl halides is 3. The molecule has 0 aliphatic carbocycles. The lowest BCUT2D eigenvalue weighted by Gasteiger charge is -2.34. The molecule has 2 aromatic rings. The molecule has 1 atom stereocenters. The average Bonchev–Trinajstić information content (AvgIpc) is 3.12. The highest BCUT2D eigenvalue weighted by Crippen LogP contribution is 2.35. The third kappa shape index (κ3) is 3.28. The summed E-state index contributed by atoms with van der Waals surface area (Å²) >= 11 is 0.